The van der Waals surface area contributed by atoms with Gasteiger partial charge in [-0.1, -0.05) is 0 Å². The minimum Gasteiger partial charge on any atom is -0.494 e. The van der Waals surface area contributed by atoms with Crippen LogP contribution in [0.15, 0.2) is 18.2 Å². The zero-order valence-electron chi connectivity index (χ0n) is 11.7. The lowest BCUT2D eigenvalue weighted by atomic mass is 10.0. The van der Waals surface area contributed by atoms with Gasteiger partial charge in [-0.15, -0.1) is 12.4 Å². The van der Waals surface area contributed by atoms with E-state index in [9.17, 15) is 9.18 Å². The number of nitrogens with one attached hydrogen (secondary N) is 1. The number of hydrogen-bond donors (Lipinski definition) is 1. The van der Waals surface area contributed by atoms with Gasteiger partial charge >= 0.3 is 0 Å². The lowest BCUT2D eigenvalue weighted by molar-refractivity contribution is 0.0707. The number of nitrogens with zero attached hydrogens (tertiary/aromatic N) is 1. The summed E-state index contributed by atoms with van der Waals surface area (Å²) in [6.07, 6.45) is 1.86. The van der Waals surface area contributed by atoms with Gasteiger partial charge in [-0.2, -0.15) is 0 Å². The van der Waals surface area contributed by atoms with E-state index in [0.717, 1.165) is 12.8 Å². The van der Waals surface area contributed by atoms with Crippen LogP contribution in [0.25, 0.3) is 0 Å². The molecular formula is C14H20ClFN2O2. The third kappa shape index (κ3) is 3.61. The van der Waals surface area contributed by atoms with E-state index in [0.29, 0.717) is 24.7 Å². The van der Waals surface area contributed by atoms with Crippen molar-refractivity contribution in [1.82, 2.24) is 10.2 Å². The highest BCUT2D eigenvalue weighted by Gasteiger charge is 2.23. The van der Waals surface area contributed by atoms with Gasteiger partial charge in [0, 0.05) is 24.7 Å². The zero-order valence-corrected chi connectivity index (χ0v) is 12.5. The van der Waals surface area contributed by atoms with Crippen LogP contribution in [-0.2, 0) is 0 Å². The Kier molecular flexibility index (Phi) is 6.23. The van der Waals surface area contributed by atoms with Gasteiger partial charge in [0.05, 0.1) is 7.11 Å². The number of carbonyl (C=O) groups excluding carboxylic acids is 1. The Morgan fingerprint density at radius 1 is 1.40 bits per heavy atom. The van der Waals surface area contributed by atoms with E-state index in [1.165, 1.54) is 19.2 Å². The van der Waals surface area contributed by atoms with E-state index in [2.05, 4.69) is 5.32 Å². The van der Waals surface area contributed by atoms with Crippen molar-refractivity contribution in [2.75, 3.05) is 27.2 Å². The van der Waals surface area contributed by atoms with Crippen LogP contribution < -0.4 is 10.1 Å². The summed E-state index contributed by atoms with van der Waals surface area (Å²) in [5.41, 5.74) is 0.376. The molecule has 0 bridgehead atoms. The molecule has 2 rings (SSSR count). The monoisotopic (exact) mass is 302 g/mol. The predicted molar refractivity (Wildman–Crippen MR) is 78.2 cm³/mol. The Morgan fingerprint density at radius 3 is 2.55 bits per heavy atom. The van der Waals surface area contributed by atoms with Crippen molar-refractivity contribution in [3.63, 3.8) is 0 Å². The molecule has 1 aromatic carbocycles. The molecule has 112 valence electrons. The SMILES string of the molecule is CNC1CCN(C(=O)c2ccc(OC)c(F)c2)CC1.Cl. The highest BCUT2D eigenvalue weighted by atomic mass is 35.5. The van der Waals surface area contributed by atoms with Gasteiger partial charge in [-0.3, -0.25) is 4.79 Å². The maximum atomic E-state index is 13.6. The minimum atomic E-state index is -0.501. The number of methoxy groups -OCH3 is 1. The van der Waals surface area contributed by atoms with Crippen molar-refractivity contribution in [1.29, 1.82) is 0 Å². The molecule has 1 aliphatic rings. The van der Waals surface area contributed by atoms with Crippen molar-refractivity contribution in [2.45, 2.75) is 18.9 Å². The van der Waals surface area contributed by atoms with Crippen molar-refractivity contribution in [2.24, 2.45) is 0 Å². The van der Waals surface area contributed by atoms with Crippen LogP contribution in [0.3, 0.4) is 0 Å². The highest BCUT2D eigenvalue weighted by molar-refractivity contribution is 5.94. The van der Waals surface area contributed by atoms with Gasteiger partial charge in [-0.25, -0.2) is 4.39 Å². The molecule has 1 amide bonds. The van der Waals surface area contributed by atoms with Gasteiger partial charge < -0.3 is 15.0 Å². The average molecular weight is 303 g/mol. The van der Waals surface area contributed by atoms with Crippen LogP contribution in [0, 0.1) is 5.82 Å². The summed E-state index contributed by atoms with van der Waals surface area (Å²) in [6.45, 7) is 1.41. The van der Waals surface area contributed by atoms with E-state index >= 15 is 0 Å². The zero-order chi connectivity index (χ0) is 13.8. The molecule has 1 heterocycles. The average Bonchev–Trinajstić information content (AvgIpc) is 2.46. The van der Waals surface area contributed by atoms with Gasteiger partial charge in [0.25, 0.3) is 5.91 Å². The summed E-state index contributed by atoms with van der Waals surface area (Å²) < 4.78 is 18.4. The number of benzene rings is 1. The summed E-state index contributed by atoms with van der Waals surface area (Å²) in [7, 11) is 3.34. The first-order valence-corrected chi connectivity index (χ1v) is 6.45. The second-order valence-electron chi connectivity index (χ2n) is 4.70. The Morgan fingerprint density at radius 2 is 2.05 bits per heavy atom. The minimum absolute atomic E-state index is 0. The van der Waals surface area contributed by atoms with Crippen molar-refractivity contribution < 1.29 is 13.9 Å². The first-order chi connectivity index (χ1) is 9.15. The molecule has 0 unspecified atom stereocenters. The van der Waals surface area contributed by atoms with Gasteiger partial charge in [0.2, 0.25) is 0 Å². The molecule has 1 fully saturated rings. The Bertz CT molecular complexity index is 462. The second kappa shape index (κ2) is 7.45. The molecular weight excluding hydrogens is 283 g/mol. The number of rotatable bonds is 3. The van der Waals surface area contributed by atoms with E-state index in [4.69, 9.17) is 4.74 Å². The molecule has 0 radical (unpaired) electrons. The molecule has 1 N–H and O–H groups in total. The summed E-state index contributed by atoms with van der Waals surface area (Å²) in [4.78, 5) is 14.0. The molecule has 1 aliphatic heterocycles. The Balaban J connectivity index is 0.00000200. The number of ether oxygens (including phenoxy) is 1. The first-order valence-electron chi connectivity index (χ1n) is 6.45. The lowest BCUT2D eigenvalue weighted by Crippen LogP contribution is -2.43. The largest absolute Gasteiger partial charge is 0.494 e. The molecule has 6 heteroatoms. The molecule has 0 atom stereocenters. The Hall–Kier alpha value is -1.33. The van der Waals surface area contributed by atoms with Crippen molar-refractivity contribution in [3.05, 3.63) is 29.6 Å². The fourth-order valence-corrected chi connectivity index (χ4v) is 2.35. The van der Waals surface area contributed by atoms with E-state index < -0.39 is 5.82 Å². The fraction of sp³-hybridized carbons (Fsp3) is 0.500. The molecule has 0 saturated carbocycles. The highest BCUT2D eigenvalue weighted by Crippen LogP contribution is 2.20. The molecule has 1 saturated heterocycles. The topological polar surface area (TPSA) is 41.6 Å². The van der Waals surface area contributed by atoms with Gasteiger partial charge in [-0.05, 0) is 38.1 Å². The summed E-state index contributed by atoms with van der Waals surface area (Å²) >= 11 is 0. The van der Waals surface area contributed by atoms with Crippen LogP contribution in [0.5, 0.6) is 5.75 Å². The van der Waals surface area contributed by atoms with E-state index in [1.807, 2.05) is 7.05 Å². The van der Waals surface area contributed by atoms with Crippen LogP contribution in [0.2, 0.25) is 0 Å². The number of halogens is 2. The van der Waals surface area contributed by atoms with Crippen molar-refractivity contribution >= 4 is 18.3 Å². The second-order valence-corrected chi connectivity index (χ2v) is 4.70. The standard InChI is InChI=1S/C14H19FN2O2.ClH/c1-16-11-5-7-17(8-6-11)14(18)10-3-4-13(19-2)12(15)9-10;/h3-4,9,11,16H,5-8H2,1-2H3;1H. The number of amides is 1. The predicted octanol–water partition coefficient (Wildman–Crippen LogP) is 2.08. The van der Waals surface area contributed by atoms with Gasteiger partial charge in [0.15, 0.2) is 11.6 Å². The third-order valence-electron chi connectivity index (χ3n) is 3.59. The molecule has 4 nitrogen and oxygen atoms in total. The molecule has 1 aromatic rings. The number of piperidine rings is 1. The van der Waals surface area contributed by atoms with Crippen LogP contribution in [0.4, 0.5) is 4.39 Å². The third-order valence-corrected chi connectivity index (χ3v) is 3.59. The molecule has 0 aromatic heterocycles. The molecule has 0 spiro atoms. The number of likely N-dealkylation sites (tertiary alicyclic amines) is 1. The molecule has 20 heavy (non-hydrogen) atoms. The first kappa shape index (κ1) is 16.7. The smallest absolute Gasteiger partial charge is 0.253 e. The lowest BCUT2D eigenvalue weighted by Gasteiger charge is -2.31. The normalized spacial score (nSPS) is 15.7. The summed E-state index contributed by atoms with van der Waals surface area (Å²) in [6, 6.07) is 4.81. The van der Waals surface area contributed by atoms with Crippen LogP contribution >= 0.6 is 12.4 Å². The van der Waals surface area contributed by atoms with Crippen LogP contribution in [-0.4, -0.2) is 44.1 Å². The number of hydrogen-bond acceptors (Lipinski definition) is 3. The maximum absolute atomic E-state index is 13.6. The quantitative estimate of drug-likeness (QED) is 0.929. The fourth-order valence-electron chi connectivity index (χ4n) is 2.35. The molecule has 0 aliphatic carbocycles. The summed E-state index contributed by atoms with van der Waals surface area (Å²) in [5.74, 6) is -0.458. The number of carbonyl (C=O) groups is 1. The van der Waals surface area contributed by atoms with Crippen LogP contribution in [0.1, 0.15) is 23.2 Å². The summed E-state index contributed by atoms with van der Waals surface area (Å²) in [5, 5.41) is 3.21. The van der Waals surface area contributed by atoms with E-state index in [1.54, 1.807) is 11.0 Å². The Labute approximate surface area is 124 Å². The maximum Gasteiger partial charge on any atom is 0.253 e. The van der Waals surface area contributed by atoms with Crippen molar-refractivity contribution in [3.8, 4) is 5.75 Å². The van der Waals surface area contributed by atoms with E-state index in [-0.39, 0.29) is 24.1 Å². The van der Waals surface area contributed by atoms with Gasteiger partial charge in [0.1, 0.15) is 0 Å².